The molecule has 0 bridgehead atoms. The quantitative estimate of drug-likeness (QED) is 0.663. The maximum absolute atomic E-state index is 13.2. The van der Waals surface area contributed by atoms with Crippen LogP contribution in [0.3, 0.4) is 0 Å². The molecule has 3 heterocycles. The molecular weight excluding hydrogens is 479 g/mol. The zero-order chi connectivity index (χ0) is 26.2. The molecule has 1 amide bonds. The van der Waals surface area contributed by atoms with Crippen molar-refractivity contribution in [1.82, 2.24) is 14.4 Å². The summed E-state index contributed by atoms with van der Waals surface area (Å²) in [5.41, 5.74) is 1.83. The molecule has 36 heavy (non-hydrogen) atoms. The zero-order valence-electron chi connectivity index (χ0n) is 20.2. The Bertz CT molecular complexity index is 982. The lowest BCUT2D eigenvalue weighted by Gasteiger charge is -2.43. The normalized spacial score (nSPS) is 20.9. The van der Waals surface area contributed by atoms with Gasteiger partial charge in [-0.1, -0.05) is 0 Å². The van der Waals surface area contributed by atoms with Gasteiger partial charge in [0.2, 0.25) is 0 Å². The van der Waals surface area contributed by atoms with E-state index in [0.717, 1.165) is 76.6 Å². The van der Waals surface area contributed by atoms with Gasteiger partial charge in [-0.25, -0.2) is 4.79 Å². The molecule has 2 aliphatic heterocycles. The molecule has 2 saturated heterocycles. The van der Waals surface area contributed by atoms with Crippen molar-refractivity contribution >= 4 is 11.9 Å². The van der Waals surface area contributed by atoms with Gasteiger partial charge in [0, 0.05) is 68.9 Å². The maximum atomic E-state index is 13.2. The summed E-state index contributed by atoms with van der Waals surface area (Å²) in [6.45, 7) is 6.59. The first-order valence-electron chi connectivity index (χ1n) is 11.8. The number of aliphatic carboxylic acids is 1. The Morgan fingerprint density at radius 3 is 2.39 bits per heavy atom. The van der Waals surface area contributed by atoms with Gasteiger partial charge in [-0.05, 0) is 49.2 Å². The number of amides is 1. The molecule has 4 rings (SSSR count). The third kappa shape index (κ3) is 7.55. The van der Waals surface area contributed by atoms with Crippen LogP contribution in [0.5, 0.6) is 0 Å². The lowest BCUT2D eigenvalue weighted by molar-refractivity contribution is -0.192. The number of nitrogens with zero attached hydrogens (tertiary/aromatic N) is 3. The number of ether oxygens (including phenoxy) is 2. The van der Waals surface area contributed by atoms with Crippen LogP contribution in [0.4, 0.5) is 13.2 Å². The van der Waals surface area contributed by atoms with Crippen LogP contribution in [0.2, 0.25) is 0 Å². The van der Waals surface area contributed by atoms with Gasteiger partial charge in [0.1, 0.15) is 0 Å². The summed E-state index contributed by atoms with van der Waals surface area (Å²) in [4.78, 5) is 26.6. The lowest BCUT2D eigenvalue weighted by Crippen LogP contribution is -2.52. The van der Waals surface area contributed by atoms with Crippen molar-refractivity contribution in [1.29, 1.82) is 0 Å². The Morgan fingerprint density at radius 2 is 1.78 bits per heavy atom. The average Bonchev–Trinajstić information content (AvgIpc) is 3.33. The Kier molecular flexibility index (Phi) is 9.52. The van der Waals surface area contributed by atoms with E-state index >= 15 is 0 Å². The van der Waals surface area contributed by atoms with Gasteiger partial charge in [0.15, 0.2) is 0 Å². The molecule has 0 saturated carbocycles. The fourth-order valence-electron chi connectivity index (χ4n) is 4.59. The van der Waals surface area contributed by atoms with Crippen molar-refractivity contribution in [2.45, 2.75) is 19.0 Å². The van der Waals surface area contributed by atoms with Crippen LogP contribution in [-0.2, 0) is 14.3 Å². The minimum absolute atomic E-state index is 0.0171. The Balaban J connectivity index is 0.000000454. The zero-order valence-corrected chi connectivity index (χ0v) is 20.2. The summed E-state index contributed by atoms with van der Waals surface area (Å²) in [7, 11) is 1.74. The number of halogens is 3. The van der Waals surface area contributed by atoms with Crippen molar-refractivity contribution in [2.24, 2.45) is 5.41 Å². The molecule has 198 valence electrons. The third-order valence-corrected chi connectivity index (χ3v) is 6.34. The molecule has 0 aliphatic carbocycles. The number of hydrogen-bond donors (Lipinski definition) is 1. The molecule has 11 heteroatoms. The van der Waals surface area contributed by atoms with E-state index in [4.69, 9.17) is 19.4 Å². The molecule has 1 unspecified atom stereocenters. The maximum Gasteiger partial charge on any atom is 0.490 e. The molecule has 2 aromatic rings. The number of hydrogen-bond acceptors (Lipinski definition) is 5. The van der Waals surface area contributed by atoms with Crippen LogP contribution in [0.1, 0.15) is 23.2 Å². The fraction of sp³-hybridized carbons (Fsp3) is 0.520. The van der Waals surface area contributed by atoms with Crippen molar-refractivity contribution in [2.75, 3.05) is 59.7 Å². The summed E-state index contributed by atoms with van der Waals surface area (Å²) in [6.07, 6.45) is 1.06. The highest BCUT2D eigenvalue weighted by molar-refractivity contribution is 5.94. The molecule has 2 aliphatic rings. The van der Waals surface area contributed by atoms with Crippen LogP contribution in [0.25, 0.3) is 5.69 Å². The SMILES string of the molecule is COCCN1CCOCC2(CCCN(C(=O)c3ccc(-n4cccc4)cc3)C2)C1.O=C(O)C(F)(F)F. The van der Waals surface area contributed by atoms with Gasteiger partial charge >= 0.3 is 12.1 Å². The molecule has 1 spiro atoms. The lowest BCUT2D eigenvalue weighted by atomic mass is 9.80. The minimum atomic E-state index is -5.08. The van der Waals surface area contributed by atoms with Crippen molar-refractivity contribution in [3.8, 4) is 5.69 Å². The van der Waals surface area contributed by atoms with Crippen molar-refractivity contribution < 1.29 is 37.3 Å². The molecule has 8 nitrogen and oxygen atoms in total. The van der Waals surface area contributed by atoms with Crippen LogP contribution in [0.15, 0.2) is 48.8 Å². The van der Waals surface area contributed by atoms with Gasteiger partial charge in [0.05, 0.1) is 19.8 Å². The van der Waals surface area contributed by atoms with E-state index in [0.29, 0.717) is 0 Å². The molecule has 2 fully saturated rings. The standard InChI is InChI=1S/C23H31N3O3.C2HF3O2/c1-28-15-13-24-14-16-29-19-23(17-24)9-4-12-26(18-23)22(27)20-5-7-21(8-6-20)25-10-2-3-11-25;3-2(4,5)1(6)7/h2-3,5-8,10-11H,4,9,12-19H2,1H3;(H,6,7). The van der Waals surface area contributed by atoms with Crippen molar-refractivity contribution in [3.63, 3.8) is 0 Å². The van der Waals surface area contributed by atoms with Crippen LogP contribution >= 0.6 is 0 Å². The first-order chi connectivity index (χ1) is 17.1. The number of carboxylic acids is 1. The van der Waals surface area contributed by atoms with Crippen LogP contribution < -0.4 is 0 Å². The second-order valence-corrected chi connectivity index (χ2v) is 9.09. The first-order valence-corrected chi connectivity index (χ1v) is 11.8. The van der Waals surface area contributed by atoms with E-state index < -0.39 is 12.1 Å². The largest absolute Gasteiger partial charge is 0.490 e. The molecule has 0 radical (unpaired) electrons. The summed E-state index contributed by atoms with van der Waals surface area (Å²) in [5, 5.41) is 7.12. The Morgan fingerprint density at radius 1 is 1.11 bits per heavy atom. The topological polar surface area (TPSA) is 84.2 Å². The molecule has 1 aromatic carbocycles. The number of carbonyl (C=O) groups is 2. The summed E-state index contributed by atoms with van der Waals surface area (Å²) >= 11 is 0. The molecule has 1 atom stereocenters. The number of aromatic nitrogens is 1. The highest BCUT2D eigenvalue weighted by atomic mass is 19.4. The molecule has 1 aromatic heterocycles. The first kappa shape index (κ1) is 27.7. The summed E-state index contributed by atoms with van der Waals surface area (Å²) < 4.78 is 45.0. The number of piperidine rings is 1. The highest BCUT2D eigenvalue weighted by Gasteiger charge is 2.40. The number of methoxy groups -OCH3 is 1. The highest BCUT2D eigenvalue weighted by Crippen LogP contribution is 2.33. The van der Waals surface area contributed by atoms with E-state index in [2.05, 4.69) is 4.90 Å². The number of alkyl halides is 3. The van der Waals surface area contributed by atoms with Gasteiger partial charge in [-0.3, -0.25) is 9.69 Å². The number of rotatable bonds is 5. The van der Waals surface area contributed by atoms with E-state index in [1.165, 1.54) is 0 Å². The minimum Gasteiger partial charge on any atom is -0.475 e. The van der Waals surface area contributed by atoms with E-state index in [9.17, 15) is 18.0 Å². The number of carboxylic acid groups (broad SMARTS) is 1. The van der Waals surface area contributed by atoms with E-state index in [-0.39, 0.29) is 11.3 Å². The second-order valence-electron chi connectivity index (χ2n) is 9.09. The van der Waals surface area contributed by atoms with Gasteiger partial charge in [0.25, 0.3) is 5.91 Å². The van der Waals surface area contributed by atoms with Gasteiger partial charge in [-0.2, -0.15) is 13.2 Å². The van der Waals surface area contributed by atoms with Gasteiger partial charge in [-0.15, -0.1) is 0 Å². The number of likely N-dealkylation sites (tertiary alicyclic amines) is 1. The fourth-order valence-corrected chi connectivity index (χ4v) is 4.59. The monoisotopic (exact) mass is 511 g/mol. The predicted molar refractivity (Wildman–Crippen MR) is 126 cm³/mol. The van der Waals surface area contributed by atoms with Crippen LogP contribution in [-0.4, -0.2) is 97.2 Å². The predicted octanol–water partition coefficient (Wildman–Crippen LogP) is 3.31. The van der Waals surface area contributed by atoms with Crippen molar-refractivity contribution in [3.05, 3.63) is 54.4 Å². The summed E-state index contributed by atoms with van der Waals surface area (Å²) in [5.74, 6) is -2.64. The Hall–Kier alpha value is -2.89. The number of carbonyl (C=O) groups excluding carboxylic acids is 1. The van der Waals surface area contributed by atoms with Gasteiger partial charge < -0.3 is 24.0 Å². The van der Waals surface area contributed by atoms with E-state index in [1.54, 1.807) is 7.11 Å². The average molecular weight is 512 g/mol. The Labute approximate surface area is 208 Å². The second kappa shape index (κ2) is 12.4. The van der Waals surface area contributed by atoms with Crippen LogP contribution in [0, 0.1) is 5.41 Å². The molecular formula is C25H32F3N3O5. The van der Waals surface area contributed by atoms with E-state index in [1.807, 2.05) is 58.3 Å². The smallest absolute Gasteiger partial charge is 0.475 e. The summed E-state index contributed by atoms with van der Waals surface area (Å²) in [6, 6.07) is 11.9. The third-order valence-electron chi connectivity index (χ3n) is 6.34. The molecule has 1 N–H and O–H groups in total. The number of benzene rings is 1.